The molecule has 0 bridgehead atoms. The van der Waals surface area contributed by atoms with Gasteiger partial charge in [-0.2, -0.15) is 0 Å². The molecule has 0 saturated heterocycles. The third-order valence-corrected chi connectivity index (χ3v) is 6.67. The first-order valence-corrected chi connectivity index (χ1v) is 9.14. The van der Waals surface area contributed by atoms with E-state index in [4.69, 9.17) is 4.84 Å². The van der Waals surface area contributed by atoms with Crippen LogP contribution >= 0.6 is 0 Å². The molecule has 1 saturated carbocycles. The zero-order valence-electron chi connectivity index (χ0n) is 14.4. The van der Waals surface area contributed by atoms with E-state index in [2.05, 4.69) is 31.1 Å². The van der Waals surface area contributed by atoms with Crippen molar-refractivity contribution in [3.63, 3.8) is 0 Å². The molecule has 0 aliphatic heterocycles. The van der Waals surface area contributed by atoms with Gasteiger partial charge in [-0.15, -0.1) is 6.58 Å². The van der Waals surface area contributed by atoms with E-state index < -0.39 is 0 Å². The van der Waals surface area contributed by atoms with Crippen molar-refractivity contribution in [2.75, 3.05) is 6.61 Å². The van der Waals surface area contributed by atoms with Crippen LogP contribution < -0.4 is 5.48 Å². The third-order valence-electron chi connectivity index (χ3n) is 6.67. The fraction of sp³-hybridized carbons (Fsp3) is 0.524. The van der Waals surface area contributed by atoms with Gasteiger partial charge in [0.2, 0.25) is 0 Å². The number of aryl methyl sites for hydroxylation is 1. The van der Waals surface area contributed by atoms with E-state index in [1.165, 1.54) is 36.1 Å². The standard InChI is InChI=1S/C21H27NO2/c1-3-12-24-22-20-9-8-19-18-6-4-14-13-15(23)5-7-16(14)17(18)10-11-21(19,20)2/h3,5,7,9,13,17-19,22-23H,1,4,6,8,10-12H2,2H3/t17?,18?,19?,21-/m0/s1. The summed E-state index contributed by atoms with van der Waals surface area (Å²) in [6.07, 6.45) is 9.99. The molecule has 3 aliphatic carbocycles. The van der Waals surface area contributed by atoms with E-state index in [1.54, 1.807) is 6.08 Å². The molecule has 1 fully saturated rings. The second-order valence-electron chi connectivity index (χ2n) is 7.81. The normalized spacial score (nSPS) is 33.9. The van der Waals surface area contributed by atoms with Gasteiger partial charge in [0.05, 0.1) is 6.61 Å². The Morgan fingerprint density at radius 2 is 2.29 bits per heavy atom. The Labute approximate surface area is 144 Å². The van der Waals surface area contributed by atoms with E-state index in [0.717, 1.165) is 18.8 Å². The van der Waals surface area contributed by atoms with Gasteiger partial charge >= 0.3 is 0 Å². The summed E-state index contributed by atoms with van der Waals surface area (Å²) in [7, 11) is 0. The van der Waals surface area contributed by atoms with Gasteiger partial charge in [-0.05, 0) is 73.1 Å². The van der Waals surface area contributed by atoms with Crippen LogP contribution in [0.2, 0.25) is 0 Å². The van der Waals surface area contributed by atoms with Gasteiger partial charge in [0.25, 0.3) is 0 Å². The minimum atomic E-state index is 0.205. The van der Waals surface area contributed by atoms with Crippen molar-refractivity contribution < 1.29 is 9.94 Å². The molecule has 1 aromatic carbocycles. The van der Waals surface area contributed by atoms with Crippen molar-refractivity contribution in [2.45, 2.75) is 44.9 Å². The number of allylic oxidation sites excluding steroid dienone is 2. The quantitative estimate of drug-likeness (QED) is 0.488. The second-order valence-corrected chi connectivity index (χ2v) is 7.81. The van der Waals surface area contributed by atoms with Crippen molar-refractivity contribution in [1.82, 2.24) is 5.48 Å². The summed E-state index contributed by atoms with van der Waals surface area (Å²) in [5.41, 5.74) is 7.52. The highest BCUT2D eigenvalue weighted by molar-refractivity contribution is 5.40. The molecule has 3 nitrogen and oxygen atoms in total. The summed E-state index contributed by atoms with van der Waals surface area (Å²) in [5, 5.41) is 9.78. The highest BCUT2D eigenvalue weighted by Crippen LogP contribution is 2.60. The molecule has 2 N–H and O–H groups in total. The molecule has 0 aromatic heterocycles. The number of phenolic OH excluding ortho intramolecular Hbond substituents is 1. The van der Waals surface area contributed by atoms with Crippen LogP contribution in [0.1, 0.15) is 49.7 Å². The number of nitrogens with one attached hydrogen (secondary N) is 1. The maximum absolute atomic E-state index is 9.78. The Balaban J connectivity index is 1.56. The van der Waals surface area contributed by atoms with E-state index in [1.807, 2.05) is 12.1 Å². The monoisotopic (exact) mass is 325 g/mol. The number of fused-ring (bicyclic) bond motifs is 5. The van der Waals surface area contributed by atoms with E-state index in [0.29, 0.717) is 24.2 Å². The summed E-state index contributed by atoms with van der Waals surface area (Å²) in [4.78, 5) is 5.52. The molecule has 0 heterocycles. The molecule has 0 radical (unpaired) electrons. The molecule has 3 unspecified atom stereocenters. The van der Waals surface area contributed by atoms with Crippen molar-refractivity contribution in [3.8, 4) is 5.75 Å². The Morgan fingerprint density at radius 1 is 1.42 bits per heavy atom. The van der Waals surface area contributed by atoms with Crippen molar-refractivity contribution in [1.29, 1.82) is 0 Å². The average molecular weight is 325 g/mol. The Kier molecular flexibility index (Phi) is 3.92. The lowest BCUT2D eigenvalue weighted by atomic mass is 9.55. The van der Waals surface area contributed by atoms with Crippen LogP contribution in [0, 0.1) is 17.3 Å². The Hall–Kier alpha value is -1.74. The first-order chi connectivity index (χ1) is 11.6. The molecule has 1 aromatic rings. The summed E-state index contributed by atoms with van der Waals surface area (Å²) in [5.74, 6) is 2.47. The summed E-state index contributed by atoms with van der Waals surface area (Å²) in [6, 6.07) is 6.00. The smallest absolute Gasteiger partial charge is 0.115 e. The first kappa shape index (κ1) is 15.8. The molecular formula is C21H27NO2. The predicted octanol–water partition coefficient (Wildman–Crippen LogP) is 4.45. The summed E-state index contributed by atoms with van der Waals surface area (Å²) in [6.45, 7) is 6.64. The number of phenols is 1. The van der Waals surface area contributed by atoms with Crippen LogP contribution in [0.4, 0.5) is 0 Å². The highest BCUT2D eigenvalue weighted by atomic mass is 16.6. The van der Waals surface area contributed by atoms with Crippen LogP contribution in [0.15, 0.2) is 42.6 Å². The van der Waals surface area contributed by atoms with E-state index >= 15 is 0 Å². The van der Waals surface area contributed by atoms with Crippen LogP contribution in [0.25, 0.3) is 0 Å². The Morgan fingerprint density at radius 3 is 3.12 bits per heavy atom. The fourth-order valence-electron chi connectivity index (χ4n) is 5.47. The number of hydrogen-bond donors (Lipinski definition) is 2. The van der Waals surface area contributed by atoms with Crippen LogP contribution in [-0.4, -0.2) is 11.7 Å². The van der Waals surface area contributed by atoms with E-state index in [-0.39, 0.29) is 5.41 Å². The zero-order chi connectivity index (χ0) is 16.7. The first-order valence-electron chi connectivity index (χ1n) is 9.14. The molecule has 3 heteroatoms. The van der Waals surface area contributed by atoms with Crippen LogP contribution in [0.5, 0.6) is 5.75 Å². The van der Waals surface area contributed by atoms with Gasteiger partial charge in [0, 0.05) is 11.1 Å². The lowest BCUT2D eigenvalue weighted by Gasteiger charge is -2.50. The van der Waals surface area contributed by atoms with Crippen LogP contribution in [-0.2, 0) is 11.3 Å². The minimum absolute atomic E-state index is 0.205. The number of rotatable bonds is 4. The molecule has 0 amide bonds. The zero-order valence-corrected chi connectivity index (χ0v) is 14.4. The molecule has 3 aliphatic rings. The average Bonchev–Trinajstić information content (AvgIpc) is 2.91. The fourth-order valence-corrected chi connectivity index (χ4v) is 5.47. The van der Waals surface area contributed by atoms with Crippen molar-refractivity contribution in [2.24, 2.45) is 17.3 Å². The van der Waals surface area contributed by atoms with Gasteiger partial charge in [0.15, 0.2) is 0 Å². The topological polar surface area (TPSA) is 41.5 Å². The largest absolute Gasteiger partial charge is 0.508 e. The van der Waals surface area contributed by atoms with Gasteiger partial charge in [0.1, 0.15) is 5.75 Å². The lowest BCUT2D eigenvalue weighted by molar-refractivity contribution is 0.0258. The number of hydroxylamine groups is 1. The van der Waals surface area contributed by atoms with Gasteiger partial charge in [-0.25, -0.2) is 0 Å². The molecule has 0 spiro atoms. The number of aromatic hydroxyl groups is 1. The molecule has 128 valence electrons. The highest BCUT2D eigenvalue weighted by Gasteiger charge is 2.52. The van der Waals surface area contributed by atoms with Crippen LogP contribution in [0.3, 0.4) is 0 Å². The summed E-state index contributed by atoms with van der Waals surface area (Å²) < 4.78 is 0. The van der Waals surface area contributed by atoms with Crippen molar-refractivity contribution in [3.05, 3.63) is 53.8 Å². The number of hydrogen-bond acceptors (Lipinski definition) is 3. The second kappa shape index (κ2) is 5.96. The van der Waals surface area contributed by atoms with Gasteiger partial charge in [-0.3, -0.25) is 10.3 Å². The molecule has 4 atom stereocenters. The van der Waals surface area contributed by atoms with E-state index in [9.17, 15) is 5.11 Å². The third kappa shape index (κ3) is 2.37. The van der Waals surface area contributed by atoms with Gasteiger partial charge in [-0.1, -0.05) is 25.1 Å². The maximum atomic E-state index is 9.78. The van der Waals surface area contributed by atoms with Gasteiger partial charge < -0.3 is 5.11 Å². The summed E-state index contributed by atoms with van der Waals surface area (Å²) >= 11 is 0. The number of benzene rings is 1. The lowest BCUT2D eigenvalue weighted by Crippen LogP contribution is -2.43. The Bertz CT molecular complexity index is 680. The molecule has 24 heavy (non-hydrogen) atoms. The predicted molar refractivity (Wildman–Crippen MR) is 95.5 cm³/mol. The maximum Gasteiger partial charge on any atom is 0.115 e. The minimum Gasteiger partial charge on any atom is -0.508 e. The SMILES string of the molecule is C=CCONC1=CCC2C3CCc4cc(O)ccc4C3CC[C@]12C. The molecular weight excluding hydrogens is 298 g/mol. The van der Waals surface area contributed by atoms with Crippen molar-refractivity contribution >= 4 is 0 Å². The molecule has 4 rings (SSSR count).